The number of carbonyl (C=O) groups is 1. The Morgan fingerprint density at radius 1 is 1.00 bits per heavy atom. The van der Waals surface area contributed by atoms with E-state index in [1.807, 2.05) is 6.07 Å². The first-order valence-corrected chi connectivity index (χ1v) is 7.90. The smallest absolute Gasteiger partial charge is 0.263 e. The predicted octanol–water partition coefficient (Wildman–Crippen LogP) is 2.58. The number of carbonyl (C=O) groups excluding carboxylic acids is 1. The van der Waals surface area contributed by atoms with Gasteiger partial charge in [-0.25, -0.2) is 9.97 Å². The van der Waals surface area contributed by atoms with Crippen molar-refractivity contribution in [3.05, 3.63) is 54.4 Å². The summed E-state index contributed by atoms with van der Waals surface area (Å²) in [6.07, 6.45) is 3.32. The van der Waals surface area contributed by atoms with Gasteiger partial charge in [0, 0.05) is 37.7 Å². The average molecular weight is 350 g/mol. The first-order valence-electron chi connectivity index (χ1n) is 7.90. The van der Waals surface area contributed by atoms with Crippen molar-refractivity contribution in [2.75, 3.05) is 30.0 Å². The number of rotatable bonds is 5. The molecule has 4 N–H and O–H groups in total. The molecule has 0 atom stereocenters. The van der Waals surface area contributed by atoms with E-state index in [1.54, 1.807) is 44.7 Å². The topological polar surface area (TPSA) is 112 Å². The molecule has 0 fully saturated rings. The monoisotopic (exact) mass is 350 g/mol. The van der Waals surface area contributed by atoms with Crippen molar-refractivity contribution in [3.63, 3.8) is 0 Å². The van der Waals surface area contributed by atoms with Crippen LogP contribution in [0.3, 0.4) is 0 Å². The van der Waals surface area contributed by atoms with Gasteiger partial charge in [-0.1, -0.05) is 0 Å². The van der Waals surface area contributed by atoms with Gasteiger partial charge in [-0.2, -0.15) is 0 Å². The van der Waals surface area contributed by atoms with Crippen molar-refractivity contribution in [2.24, 2.45) is 0 Å². The summed E-state index contributed by atoms with van der Waals surface area (Å²) in [6, 6.07) is 9.84. The number of nitrogens with one attached hydrogen (secondary N) is 3. The van der Waals surface area contributed by atoms with Crippen LogP contribution in [0, 0.1) is 0 Å². The van der Waals surface area contributed by atoms with Crippen molar-refractivity contribution < 1.29 is 9.90 Å². The summed E-state index contributed by atoms with van der Waals surface area (Å²) < 4.78 is 0. The quantitative estimate of drug-likeness (QED) is 0.523. The molecule has 8 nitrogen and oxygen atoms in total. The van der Waals surface area contributed by atoms with Crippen molar-refractivity contribution in [1.82, 2.24) is 15.0 Å². The number of aromatic nitrogens is 3. The van der Waals surface area contributed by atoms with Crippen molar-refractivity contribution >= 4 is 23.2 Å². The SMILES string of the molecule is CNc1nc(-c2cccnc2)nc(NC)c1C(=O)Nc1ccc(O)cc1. The zero-order chi connectivity index (χ0) is 18.5. The van der Waals surface area contributed by atoms with Crippen LogP contribution in [0.1, 0.15) is 10.4 Å². The lowest BCUT2D eigenvalue weighted by atomic mass is 10.2. The van der Waals surface area contributed by atoms with Crippen LogP contribution in [0.4, 0.5) is 17.3 Å². The molecule has 0 unspecified atom stereocenters. The maximum Gasteiger partial charge on any atom is 0.263 e. The van der Waals surface area contributed by atoms with E-state index in [9.17, 15) is 9.90 Å². The Kier molecular flexibility index (Phi) is 4.93. The molecule has 2 aromatic heterocycles. The number of hydrogen-bond donors (Lipinski definition) is 4. The Morgan fingerprint density at radius 3 is 2.19 bits per heavy atom. The lowest BCUT2D eigenvalue weighted by molar-refractivity contribution is 0.102. The third kappa shape index (κ3) is 3.54. The summed E-state index contributed by atoms with van der Waals surface area (Å²) in [6.45, 7) is 0. The molecule has 0 saturated carbocycles. The molecule has 3 rings (SSSR count). The fraction of sp³-hybridized carbons (Fsp3) is 0.111. The summed E-state index contributed by atoms with van der Waals surface area (Å²) in [7, 11) is 3.37. The number of benzene rings is 1. The normalized spacial score (nSPS) is 10.2. The molecule has 132 valence electrons. The van der Waals surface area contributed by atoms with E-state index >= 15 is 0 Å². The summed E-state index contributed by atoms with van der Waals surface area (Å²) in [4.78, 5) is 25.7. The Balaban J connectivity index is 2.00. The number of aromatic hydroxyl groups is 1. The van der Waals surface area contributed by atoms with Gasteiger partial charge in [-0.15, -0.1) is 0 Å². The number of pyridine rings is 1. The molecule has 1 aromatic carbocycles. The molecule has 2 heterocycles. The highest BCUT2D eigenvalue weighted by molar-refractivity contribution is 6.11. The third-order valence-electron chi connectivity index (χ3n) is 3.65. The number of phenolic OH excluding ortho intramolecular Hbond substituents is 1. The number of amides is 1. The Labute approximate surface area is 150 Å². The minimum Gasteiger partial charge on any atom is -0.508 e. The summed E-state index contributed by atoms with van der Waals surface area (Å²) in [5.41, 5.74) is 1.58. The van der Waals surface area contributed by atoms with E-state index in [1.165, 1.54) is 12.1 Å². The van der Waals surface area contributed by atoms with Crippen LogP contribution < -0.4 is 16.0 Å². The van der Waals surface area contributed by atoms with Gasteiger partial charge in [0.15, 0.2) is 5.82 Å². The maximum atomic E-state index is 12.8. The number of hydrogen-bond acceptors (Lipinski definition) is 7. The Hall–Kier alpha value is -3.68. The number of phenols is 1. The highest BCUT2D eigenvalue weighted by Gasteiger charge is 2.21. The van der Waals surface area contributed by atoms with Crippen LogP contribution in [0.5, 0.6) is 5.75 Å². The maximum absolute atomic E-state index is 12.8. The van der Waals surface area contributed by atoms with E-state index in [0.29, 0.717) is 23.1 Å². The van der Waals surface area contributed by atoms with E-state index in [4.69, 9.17) is 0 Å². The fourth-order valence-corrected chi connectivity index (χ4v) is 2.40. The van der Waals surface area contributed by atoms with E-state index < -0.39 is 0 Å². The molecule has 0 aliphatic heterocycles. The summed E-state index contributed by atoms with van der Waals surface area (Å²) in [5.74, 6) is 0.980. The van der Waals surface area contributed by atoms with Crippen molar-refractivity contribution in [3.8, 4) is 17.1 Å². The highest BCUT2D eigenvalue weighted by atomic mass is 16.3. The van der Waals surface area contributed by atoms with Crippen LogP contribution in [0.25, 0.3) is 11.4 Å². The van der Waals surface area contributed by atoms with Crippen LogP contribution in [-0.2, 0) is 0 Å². The molecule has 26 heavy (non-hydrogen) atoms. The first kappa shape index (κ1) is 17.2. The minimum atomic E-state index is -0.373. The van der Waals surface area contributed by atoms with Gasteiger partial charge in [-0.05, 0) is 36.4 Å². The molecule has 0 spiro atoms. The molecule has 3 aromatic rings. The zero-order valence-electron chi connectivity index (χ0n) is 14.3. The molecule has 0 aliphatic rings. The molecule has 0 radical (unpaired) electrons. The molecule has 1 amide bonds. The molecule has 0 aliphatic carbocycles. The van der Waals surface area contributed by atoms with Gasteiger partial charge in [0.05, 0.1) is 0 Å². The van der Waals surface area contributed by atoms with Gasteiger partial charge < -0.3 is 21.1 Å². The summed E-state index contributed by atoms with van der Waals surface area (Å²) >= 11 is 0. The van der Waals surface area contributed by atoms with E-state index in [-0.39, 0.29) is 17.2 Å². The van der Waals surface area contributed by atoms with Gasteiger partial charge in [0.25, 0.3) is 5.91 Å². The molecule has 8 heteroatoms. The lowest BCUT2D eigenvalue weighted by Gasteiger charge is -2.14. The molecule has 0 saturated heterocycles. The van der Waals surface area contributed by atoms with Crippen LogP contribution in [-0.4, -0.2) is 40.1 Å². The Bertz CT molecular complexity index is 888. The lowest BCUT2D eigenvalue weighted by Crippen LogP contribution is -2.18. The second-order valence-corrected chi connectivity index (χ2v) is 5.36. The predicted molar refractivity (Wildman–Crippen MR) is 100 cm³/mol. The summed E-state index contributed by atoms with van der Waals surface area (Å²) in [5, 5.41) is 18.0. The van der Waals surface area contributed by atoms with Crippen LogP contribution in [0.15, 0.2) is 48.8 Å². The van der Waals surface area contributed by atoms with Crippen LogP contribution >= 0.6 is 0 Å². The van der Waals surface area contributed by atoms with Crippen molar-refractivity contribution in [1.29, 1.82) is 0 Å². The third-order valence-corrected chi connectivity index (χ3v) is 3.65. The first-order chi connectivity index (χ1) is 12.6. The fourth-order valence-electron chi connectivity index (χ4n) is 2.40. The van der Waals surface area contributed by atoms with Crippen LogP contribution in [0.2, 0.25) is 0 Å². The van der Waals surface area contributed by atoms with Gasteiger partial charge in [-0.3, -0.25) is 9.78 Å². The number of nitrogens with zero attached hydrogens (tertiary/aromatic N) is 3. The molecular formula is C18H18N6O2. The molecular weight excluding hydrogens is 332 g/mol. The van der Waals surface area contributed by atoms with Gasteiger partial charge in [0.2, 0.25) is 0 Å². The standard InChI is InChI=1S/C18H18N6O2/c1-19-16-14(18(26)22-12-5-7-13(25)8-6-12)17(20-2)24-15(23-16)11-4-3-9-21-10-11/h3-10,25H,1-2H3,(H,22,26)(H2,19,20,23,24). The molecule has 0 bridgehead atoms. The zero-order valence-corrected chi connectivity index (χ0v) is 14.3. The van der Waals surface area contributed by atoms with E-state index in [2.05, 4.69) is 30.9 Å². The minimum absolute atomic E-state index is 0.124. The van der Waals surface area contributed by atoms with Gasteiger partial charge >= 0.3 is 0 Å². The van der Waals surface area contributed by atoms with E-state index in [0.717, 1.165) is 5.56 Å². The average Bonchev–Trinajstić information content (AvgIpc) is 2.69. The van der Waals surface area contributed by atoms with Gasteiger partial charge in [0.1, 0.15) is 22.9 Å². The Morgan fingerprint density at radius 2 is 1.65 bits per heavy atom. The second kappa shape index (κ2) is 7.47. The van der Waals surface area contributed by atoms with Crippen molar-refractivity contribution in [2.45, 2.75) is 0 Å². The highest BCUT2D eigenvalue weighted by Crippen LogP contribution is 2.26. The largest absolute Gasteiger partial charge is 0.508 e. The second-order valence-electron chi connectivity index (χ2n) is 5.36. The number of anilines is 3.